The van der Waals surface area contributed by atoms with Crippen molar-refractivity contribution in [2.24, 2.45) is 0 Å². The monoisotopic (exact) mass is 270 g/mol. The molecule has 0 spiro atoms. The van der Waals surface area contributed by atoms with Crippen molar-refractivity contribution >= 4 is 22.7 Å². The maximum Gasteiger partial charge on any atom is 0.228 e. The maximum atomic E-state index is 12.8. The van der Waals surface area contributed by atoms with Crippen LogP contribution in [0.3, 0.4) is 0 Å². The van der Waals surface area contributed by atoms with E-state index in [1.165, 1.54) is 30.7 Å². The van der Waals surface area contributed by atoms with Crippen LogP contribution in [0.5, 0.6) is 0 Å². The predicted octanol–water partition coefficient (Wildman–Crippen LogP) is 3.15. The fourth-order valence-electron chi connectivity index (χ4n) is 1.93. The summed E-state index contributed by atoms with van der Waals surface area (Å²) < 4.78 is 17.9. The molecule has 0 aliphatic carbocycles. The number of benzene rings is 2. The van der Waals surface area contributed by atoms with Crippen LogP contribution in [0.2, 0.25) is 0 Å². The quantitative estimate of drug-likeness (QED) is 0.795. The Labute approximate surface area is 114 Å². The van der Waals surface area contributed by atoms with Crippen molar-refractivity contribution < 1.29 is 13.6 Å². The smallest absolute Gasteiger partial charge is 0.228 e. The molecule has 0 saturated carbocycles. The Hall–Kier alpha value is -2.69. The van der Waals surface area contributed by atoms with Crippen LogP contribution in [0, 0.1) is 5.82 Å². The van der Waals surface area contributed by atoms with Gasteiger partial charge in [0.1, 0.15) is 11.3 Å². The first kappa shape index (κ1) is 12.3. The average Bonchev–Trinajstić information content (AvgIpc) is 2.89. The largest absolute Gasteiger partial charge is 0.443 e. The first-order valence-electron chi connectivity index (χ1n) is 6.08. The molecule has 5 heteroatoms. The van der Waals surface area contributed by atoms with Gasteiger partial charge in [0.05, 0.1) is 6.42 Å². The third kappa shape index (κ3) is 2.66. The number of amides is 1. The molecule has 0 atom stereocenters. The van der Waals surface area contributed by atoms with E-state index < -0.39 is 0 Å². The van der Waals surface area contributed by atoms with E-state index in [1.807, 2.05) is 6.07 Å². The third-order valence-electron chi connectivity index (χ3n) is 2.89. The van der Waals surface area contributed by atoms with Gasteiger partial charge >= 0.3 is 0 Å². The van der Waals surface area contributed by atoms with Crippen molar-refractivity contribution in [1.82, 2.24) is 4.98 Å². The molecular formula is C15H11FN2O2. The lowest BCUT2D eigenvalue weighted by Gasteiger charge is -2.05. The molecule has 0 unspecified atom stereocenters. The van der Waals surface area contributed by atoms with Crippen molar-refractivity contribution in [3.05, 3.63) is 60.2 Å². The SMILES string of the molecule is O=C(Cc1ccc2ncoc2c1)Nc1ccc(F)cc1. The van der Waals surface area contributed by atoms with Crippen molar-refractivity contribution in [2.75, 3.05) is 5.32 Å². The van der Waals surface area contributed by atoms with Crippen LogP contribution in [0.25, 0.3) is 11.1 Å². The standard InChI is InChI=1S/C15H11FN2O2/c16-11-2-4-12(5-3-11)18-15(19)8-10-1-6-13-14(7-10)20-9-17-13/h1-7,9H,8H2,(H,18,19). The first-order chi connectivity index (χ1) is 9.70. The molecule has 1 heterocycles. The number of anilines is 1. The van der Waals surface area contributed by atoms with Gasteiger partial charge in [0, 0.05) is 5.69 Å². The highest BCUT2D eigenvalue weighted by Crippen LogP contribution is 2.15. The molecule has 1 amide bonds. The van der Waals surface area contributed by atoms with E-state index in [0.717, 1.165) is 11.1 Å². The number of hydrogen-bond donors (Lipinski definition) is 1. The molecule has 0 aliphatic heterocycles. The molecule has 3 rings (SSSR count). The first-order valence-corrected chi connectivity index (χ1v) is 6.08. The third-order valence-corrected chi connectivity index (χ3v) is 2.89. The summed E-state index contributed by atoms with van der Waals surface area (Å²) in [5, 5.41) is 2.71. The Morgan fingerprint density at radius 3 is 2.80 bits per heavy atom. The van der Waals surface area contributed by atoms with E-state index in [4.69, 9.17) is 4.42 Å². The van der Waals surface area contributed by atoms with Gasteiger partial charge in [0.25, 0.3) is 0 Å². The number of nitrogens with zero attached hydrogens (tertiary/aromatic N) is 1. The molecule has 100 valence electrons. The van der Waals surface area contributed by atoms with E-state index >= 15 is 0 Å². The number of carbonyl (C=O) groups excluding carboxylic acids is 1. The normalized spacial score (nSPS) is 10.7. The number of carbonyl (C=O) groups is 1. The lowest BCUT2D eigenvalue weighted by molar-refractivity contribution is -0.115. The number of rotatable bonds is 3. The van der Waals surface area contributed by atoms with Crippen LogP contribution in [0.4, 0.5) is 10.1 Å². The summed E-state index contributed by atoms with van der Waals surface area (Å²) in [6, 6.07) is 11.1. The summed E-state index contributed by atoms with van der Waals surface area (Å²) in [6.45, 7) is 0. The van der Waals surface area contributed by atoms with Gasteiger partial charge in [-0.05, 0) is 42.0 Å². The predicted molar refractivity (Wildman–Crippen MR) is 72.7 cm³/mol. The minimum absolute atomic E-state index is 0.171. The van der Waals surface area contributed by atoms with Gasteiger partial charge in [-0.25, -0.2) is 9.37 Å². The number of fused-ring (bicyclic) bond motifs is 1. The molecule has 4 nitrogen and oxygen atoms in total. The van der Waals surface area contributed by atoms with Crippen LogP contribution >= 0.6 is 0 Å². The number of nitrogens with one attached hydrogen (secondary N) is 1. The molecule has 0 radical (unpaired) electrons. The van der Waals surface area contributed by atoms with Crippen molar-refractivity contribution in [3.63, 3.8) is 0 Å². The topological polar surface area (TPSA) is 55.1 Å². The molecule has 2 aromatic carbocycles. The van der Waals surface area contributed by atoms with Crippen LogP contribution in [-0.2, 0) is 11.2 Å². The second-order valence-electron chi connectivity index (χ2n) is 4.39. The highest BCUT2D eigenvalue weighted by molar-refractivity contribution is 5.92. The fourth-order valence-corrected chi connectivity index (χ4v) is 1.93. The minimum Gasteiger partial charge on any atom is -0.443 e. The van der Waals surface area contributed by atoms with Crippen molar-refractivity contribution in [2.45, 2.75) is 6.42 Å². The van der Waals surface area contributed by atoms with Gasteiger partial charge in [0.2, 0.25) is 5.91 Å². The zero-order valence-corrected chi connectivity index (χ0v) is 10.5. The van der Waals surface area contributed by atoms with Gasteiger partial charge in [0.15, 0.2) is 12.0 Å². The van der Waals surface area contributed by atoms with Gasteiger partial charge in [-0.3, -0.25) is 4.79 Å². The molecule has 1 aromatic heterocycles. The second kappa shape index (κ2) is 5.13. The Morgan fingerprint density at radius 1 is 1.20 bits per heavy atom. The summed E-state index contributed by atoms with van der Waals surface area (Å²) in [4.78, 5) is 15.9. The molecular weight excluding hydrogens is 259 g/mol. The molecule has 1 N–H and O–H groups in total. The summed E-state index contributed by atoms with van der Waals surface area (Å²) >= 11 is 0. The van der Waals surface area contributed by atoms with Gasteiger partial charge in [-0.2, -0.15) is 0 Å². The molecule has 0 fully saturated rings. The lowest BCUT2D eigenvalue weighted by Crippen LogP contribution is -2.14. The molecule has 0 saturated heterocycles. The zero-order chi connectivity index (χ0) is 13.9. The van der Waals surface area contributed by atoms with E-state index in [0.29, 0.717) is 11.3 Å². The van der Waals surface area contributed by atoms with Gasteiger partial charge < -0.3 is 9.73 Å². The summed E-state index contributed by atoms with van der Waals surface area (Å²) in [7, 11) is 0. The highest BCUT2D eigenvalue weighted by atomic mass is 19.1. The lowest BCUT2D eigenvalue weighted by atomic mass is 10.1. The fraction of sp³-hybridized carbons (Fsp3) is 0.0667. The number of halogens is 1. The van der Waals surface area contributed by atoms with E-state index in [2.05, 4.69) is 10.3 Å². The zero-order valence-electron chi connectivity index (χ0n) is 10.5. The number of aromatic nitrogens is 1. The Balaban J connectivity index is 1.70. The minimum atomic E-state index is -0.334. The van der Waals surface area contributed by atoms with Crippen LogP contribution in [0.15, 0.2) is 53.3 Å². The average molecular weight is 270 g/mol. The van der Waals surface area contributed by atoms with Crippen molar-refractivity contribution in [1.29, 1.82) is 0 Å². The Morgan fingerprint density at radius 2 is 2.00 bits per heavy atom. The van der Waals surface area contributed by atoms with E-state index in [9.17, 15) is 9.18 Å². The van der Waals surface area contributed by atoms with Crippen LogP contribution < -0.4 is 5.32 Å². The van der Waals surface area contributed by atoms with Crippen LogP contribution in [0.1, 0.15) is 5.56 Å². The second-order valence-corrected chi connectivity index (χ2v) is 4.39. The molecule has 0 aliphatic rings. The number of hydrogen-bond acceptors (Lipinski definition) is 3. The maximum absolute atomic E-state index is 12.8. The summed E-state index contributed by atoms with van der Waals surface area (Å²) in [5.74, 6) is -0.505. The van der Waals surface area contributed by atoms with E-state index in [1.54, 1.807) is 12.1 Å². The van der Waals surface area contributed by atoms with Gasteiger partial charge in [-0.1, -0.05) is 6.07 Å². The Kier molecular flexibility index (Phi) is 3.16. The molecule has 3 aromatic rings. The summed E-state index contributed by atoms with van der Waals surface area (Å²) in [5.41, 5.74) is 2.80. The molecule has 20 heavy (non-hydrogen) atoms. The Bertz CT molecular complexity index is 750. The van der Waals surface area contributed by atoms with Gasteiger partial charge in [-0.15, -0.1) is 0 Å². The molecule has 0 bridgehead atoms. The van der Waals surface area contributed by atoms with Crippen molar-refractivity contribution in [3.8, 4) is 0 Å². The number of oxazole rings is 1. The van der Waals surface area contributed by atoms with E-state index in [-0.39, 0.29) is 18.1 Å². The van der Waals surface area contributed by atoms with Crippen LogP contribution in [-0.4, -0.2) is 10.9 Å². The summed E-state index contributed by atoms with van der Waals surface area (Å²) in [6.07, 6.45) is 1.58. The highest BCUT2D eigenvalue weighted by Gasteiger charge is 2.06.